The predicted molar refractivity (Wildman–Crippen MR) is 115 cm³/mol. The van der Waals surface area contributed by atoms with Crippen LogP contribution in [0.3, 0.4) is 0 Å². The van der Waals surface area contributed by atoms with Crippen molar-refractivity contribution in [3.63, 3.8) is 0 Å². The Morgan fingerprint density at radius 2 is 1.73 bits per heavy atom. The van der Waals surface area contributed by atoms with Crippen LogP contribution in [0.1, 0.15) is 23.2 Å². The maximum Gasteiger partial charge on any atom is 0.259 e. The second-order valence-electron chi connectivity index (χ2n) is 6.90. The molecule has 1 saturated heterocycles. The van der Waals surface area contributed by atoms with Gasteiger partial charge in [-0.05, 0) is 48.9 Å². The maximum absolute atomic E-state index is 13.0. The van der Waals surface area contributed by atoms with Gasteiger partial charge in [-0.1, -0.05) is 30.3 Å². The summed E-state index contributed by atoms with van der Waals surface area (Å²) in [6.07, 6.45) is 1.33. The zero-order valence-electron chi connectivity index (χ0n) is 16.6. The van der Waals surface area contributed by atoms with Gasteiger partial charge in [0.05, 0.1) is 18.4 Å². The second-order valence-corrected chi connectivity index (χ2v) is 6.90. The second kappa shape index (κ2) is 8.69. The van der Waals surface area contributed by atoms with Crippen molar-refractivity contribution in [3.8, 4) is 17.2 Å². The molecule has 6 heteroatoms. The highest BCUT2D eigenvalue weighted by Gasteiger charge is 2.25. The Morgan fingerprint density at radius 3 is 2.47 bits per heavy atom. The van der Waals surface area contributed by atoms with E-state index < -0.39 is 0 Å². The van der Waals surface area contributed by atoms with Gasteiger partial charge in [-0.25, -0.2) is 0 Å². The number of hydrogen-bond acceptors (Lipinski definition) is 4. The number of rotatable bonds is 6. The van der Waals surface area contributed by atoms with E-state index in [0.29, 0.717) is 47.2 Å². The summed E-state index contributed by atoms with van der Waals surface area (Å²) >= 11 is 0. The lowest BCUT2D eigenvalue weighted by Crippen LogP contribution is -2.24. The molecule has 0 aromatic heterocycles. The first kappa shape index (κ1) is 19.5. The minimum Gasteiger partial charge on any atom is -0.495 e. The van der Waals surface area contributed by atoms with Crippen molar-refractivity contribution in [1.82, 2.24) is 0 Å². The van der Waals surface area contributed by atoms with Crippen molar-refractivity contribution >= 4 is 23.2 Å². The van der Waals surface area contributed by atoms with Crippen molar-refractivity contribution in [1.29, 1.82) is 0 Å². The van der Waals surface area contributed by atoms with Gasteiger partial charge < -0.3 is 19.7 Å². The Kier molecular flexibility index (Phi) is 5.66. The summed E-state index contributed by atoms with van der Waals surface area (Å²) in [5, 5.41) is 2.90. The molecule has 30 heavy (non-hydrogen) atoms. The summed E-state index contributed by atoms with van der Waals surface area (Å²) in [6.45, 7) is 0.639. The van der Waals surface area contributed by atoms with Gasteiger partial charge in [0, 0.05) is 18.7 Å². The molecule has 4 rings (SSSR count). The topological polar surface area (TPSA) is 67.9 Å². The van der Waals surface area contributed by atoms with Crippen LogP contribution < -0.4 is 19.7 Å². The van der Waals surface area contributed by atoms with Crippen molar-refractivity contribution in [2.75, 3.05) is 23.9 Å². The molecule has 2 amide bonds. The SMILES string of the molecule is COc1ccc(NC(=O)c2ccccc2Oc2ccccc2)cc1N1CCCC1=O. The molecule has 0 radical (unpaired) electrons. The molecular formula is C24H22N2O4. The molecule has 0 saturated carbocycles. The number of ether oxygens (including phenoxy) is 2. The quantitative estimate of drug-likeness (QED) is 0.639. The molecule has 0 spiro atoms. The van der Waals surface area contributed by atoms with Crippen LogP contribution in [0, 0.1) is 0 Å². The molecule has 0 atom stereocenters. The highest BCUT2D eigenvalue weighted by atomic mass is 16.5. The third-order valence-electron chi connectivity index (χ3n) is 4.90. The van der Waals surface area contributed by atoms with Gasteiger partial charge in [-0.3, -0.25) is 9.59 Å². The number of carbonyl (C=O) groups is 2. The standard InChI is InChI=1S/C24H22N2O4/c1-29-22-14-13-17(16-20(22)26-15-7-12-23(26)27)25-24(28)19-10-5-6-11-21(19)30-18-8-3-2-4-9-18/h2-6,8-11,13-14,16H,7,12,15H2,1H3,(H,25,28). The Balaban J connectivity index is 1.58. The lowest BCUT2D eigenvalue weighted by Gasteiger charge is -2.20. The summed E-state index contributed by atoms with van der Waals surface area (Å²) in [5.41, 5.74) is 1.65. The fourth-order valence-corrected chi connectivity index (χ4v) is 3.44. The molecule has 3 aromatic carbocycles. The molecule has 1 N–H and O–H groups in total. The van der Waals surface area contributed by atoms with Crippen LogP contribution in [-0.4, -0.2) is 25.5 Å². The first-order valence-electron chi connectivity index (χ1n) is 9.77. The number of carbonyl (C=O) groups excluding carboxylic acids is 2. The highest BCUT2D eigenvalue weighted by molar-refractivity contribution is 6.07. The fourth-order valence-electron chi connectivity index (χ4n) is 3.44. The van der Waals surface area contributed by atoms with Gasteiger partial charge >= 0.3 is 0 Å². The molecule has 1 aliphatic heterocycles. The zero-order chi connectivity index (χ0) is 20.9. The number of nitrogens with one attached hydrogen (secondary N) is 1. The third kappa shape index (κ3) is 4.12. The molecular weight excluding hydrogens is 380 g/mol. The van der Waals surface area contributed by atoms with E-state index in [1.165, 1.54) is 0 Å². The van der Waals surface area contributed by atoms with Crippen LogP contribution in [0.5, 0.6) is 17.2 Å². The van der Waals surface area contributed by atoms with Crippen LogP contribution in [0.2, 0.25) is 0 Å². The number of nitrogens with zero attached hydrogens (tertiary/aromatic N) is 1. The van der Waals surface area contributed by atoms with Crippen LogP contribution in [0.15, 0.2) is 72.8 Å². The fraction of sp³-hybridized carbons (Fsp3) is 0.167. The number of para-hydroxylation sites is 2. The predicted octanol–water partition coefficient (Wildman–Crippen LogP) is 4.87. The Labute approximate surface area is 175 Å². The molecule has 152 valence electrons. The maximum atomic E-state index is 13.0. The lowest BCUT2D eigenvalue weighted by atomic mass is 10.1. The van der Waals surface area contributed by atoms with E-state index in [9.17, 15) is 9.59 Å². The van der Waals surface area contributed by atoms with Crippen molar-refractivity contribution in [2.45, 2.75) is 12.8 Å². The molecule has 3 aromatic rings. The van der Waals surface area contributed by atoms with Crippen LogP contribution >= 0.6 is 0 Å². The van der Waals surface area contributed by atoms with Crippen LogP contribution in [0.4, 0.5) is 11.4 Å². The van der Waals surface area contributed by atoms with E-state index in [4.69, 9.17) is 9.47 Å². The van der Waals surface area contributed by atoms with Gasteiger partial charge in [-0.15, -0.1) is 0 Å². The Bertz CT molecular complexity index is 1070. The third-order valence-corrected chi connectivity index (χ3v) is 4.90. The minimum absolute atomic E-state index is 0.0541. The molecule has 0 aliphatic carbocycles. The van der Waals surface area contributed by atoms with Crippen LogP contribution in [0.25, 0.3) is 0 Å². The largest absolute Gasteiger partial charge is 0.495 e. The van der Waals surface area contributed by atoms with Gasteiger partial charge in [0.1, 0.15) is 17.2 Å². The summed E-state index contributed by atoms with van der Waals surface area (Å²) in [6, 6.07) is 21.6. The number of anilines is 2. The molecule has 0 unspecified atom stereocenters. The van der Waals surface area contributed by atoms with E-state index in [0.717, 1.165) is 6.42 Å². The molecule has 1 aliphatic rings. The summed E-state index contributed by atoms with van der Waals surface area (Å²) in [5.74, 6) is 1.46. The minimum atomic E-state index is -0.301. The van der Waals surface area contributed by atoms with Gasteiger partial charge in [0.25, 0.3) is 5.91 Å². The average molecular weight is 402 g/mol. The van der Waals surface area contributed by atoms with E-state index >= 15 is 0 Å². The smallest absolute Gasteiger partial charge is 0.259 e. The Hall–Kier alpha value is -3.80. The van der Waals surface area contributed by atoms with E-state index in [2.05, 4.69) is 5.32 Å². The van der Waals surface area contributed by atoms with E-state index in [1.54, 1.807) is 48.4 Å². The van der Waals surface area contributed by atoms with Gasteiger partial charge in [0.2, 0.25) is 5.91 Å². The van der Waals surface area contributed by atoms with E-state index in [1.807, 2.05) is 36.4 Å². The van der Waals surface area contributed by atoms with E-state index in [-0.39, 0.29) is 11.8 Å². The van der Waals surface area contributed by atoms with Gasteiger partial charge in [-0.2, -0.15) is 0 Å². The number of hydrogen-bond donors (Lipinski definition) is 1. The molecule has 6 nitrogen and oxygen atoms in total. The molecule has 1 heterocycles. The zero-order valence-corrected chi connectivity index (χ0v) is 16.6. The summed E-state index contributed by atoms with van der Waals surface area (Å²) in [4.78, 5) is 26.9. The first-order valence-corrected chi connectivity index (χ1v) is 9.77. The monoisotopic (exact) mass is 402 g/mol. The van der Waals surface area contributed by atoms with Crippen molar-refractivity contribution in [3.05, 3.63) is 78.4 Å². The Morgan fingerprint density at radius 1 is 0.967 bits per heavy atom. The summed E-state index contributed by atoms with van der Waals surface area (Å²) < 4.78 is 11.3. The normalized spacial score (nSPS) is 13.2. The van der Waals surface area contributed by atoms with Crippen LogP contribution in [-0.2, 0) is 4.79 Å². The number of methoxy groups -OCH3 is 1. The summed E-state index contributed by atoms with van der Waals surface area (Å²) in [7, 11) is 1.56. The number of benzene rings is 3. The molecule has 0 bridgehead atoms. The number of amides is 2. The first-order chi connectivity index (χ1) is 14.7. The average Bonchev–Trinajstić information content (AvgIpc) is 3.20. The molecule has 1 fully saturated rings. The van der Waals surface area contributed by atoms with Crippen molar-refractivity contribution < 1.29 is 19.1 Å². The highest BCUT2D eigenvalue weighted by Crippen LogP contribution is 2.34. The van der Waals surface area contributed by atoms with Crippen molar-refractivity contribution in [2.24, 2.45) is 0 Å². The van der Waals surface area contributed by atoms with Gasteiger partial charge in [0.15, 0.2) is 0 Å². The lowest BCUT2D eigenvalue weighted by molar-refractivity contribution is -0.117.